The Labute approximate surface area is 125 Å². The zero-order chi connectivity index (χ0) is 13.7. The van der Waals surface area contributed by atoms with Gasteiger partial charge in [0.15, 0.2) is 0 Å². The van der Waals surface area contributed by atoms with Crippen molar-refractivity contribution < 1.29 is 4.74 Å². The number of rotatable bonds is 5. The summed E-state index contributed by atoms with van der Waals surface area (Å²) in [5.74, 6) is 0.502. The van der Waals surface area contributed by atoms with Crippen LogP contribution in [0.2, 0.25) is 5.15 Å². The zero-order valence-electron chi connectivity index (χ0n) is 10.4. The van der Waals surface area contributed by atoms with Crippen LogP contribution >= 0.6 is 27.5 Å². The average molecular weight is 343 g/mol. The normalized spacial score (nSPS) is 10.5. The molecule has 2 rings (SSSR count). The number of nitrogens with one attached hydrogen (secondary N) is 1. The first-order valence-corrected chi connectivity index (χ1v) is 6.85. The van der Waals surface area contributed by atoms with Gasteiger partial charge >= 0.3 is 0 Å². The number of ether oxygens (including phenoxy) is 1. The summed E-state index contributed by atoms with van der Waals surface area (Å²) in [5, 5.41) is 3.55. The maximum atomic E-state index is 5.94. The molecule has 6 heteroatoms. The van der Waals surface area contributed by atoms with Gasteiger partial charge in [0, 0.05) is 18.1 Å². The van der Waals surface area contributed by atoms with E-state index in [0.717, 1.165) is 15.7 Å². The highest BCUT2D eigenvalue weighted by Gasteiger charge is 2.03. The number of benzene rings is 1. The van der Waals surface area contributed by atoms with Gasteiger partial charge in [-0.1, -0.05) is 39.7 Å². The Kier molecular flexibility index (Phi) is 5.13. The topological polar surface area (TPSA) is 47.0 Å². The van der Waals surface area contributed by atoms with Crippen LogP contribution in [0, 0.1) is 0 Å². The molecule has 4 nitrogen and oxygen atoms in total. The molecule has 0 saturated carbocycles. The van der Waals surface area contributed by atoms with Crippen molar-refractivity contribution in [2.45, 2.75) is 13.2 Å². The summed E-state index contributed by atoms with van der Waals surface area (Å²) < 4.78 is 6.09. The van der Waals surface area contributed by atoms with Gasteiger partial charge in [0.25, 0.3) is 0 Å². The number of hydrogen-bond acceptors (Lipinski definition) is 4. The molecule has 0 aliphatic carbocycles. The quantitative estimate of drug-likeness (QED) is 0.843. The molecular weight excluding hydrogens is 330 g/mol. The first-order chi connectivity index (χ1) is 9.17. The van der Waals surface area contributed by atoms with Gasteiger partial charge < -0.3 is 10.1 Å². The molecule has 0 saturated heterocycles. The Bertz CT molecular complexity index is 548. The van der Waals surface area contributed by atoms with E-state index in [0.29, 0.717) is 24.3 Å². The van der Waals surface area contributed by atoms with Gasteiger partial charge in [0.2, 0.25) is 5.95 Å². The van der Waals surface area contributed by atoms with Crippen molar-refractivity contribution in [2.24, 2.45) is 0 Å². The minimum absolute atomic E-state index is 0.403. The molecule has 0 aliphatic heterocycles. The van der Waals surface area contributed by atoms with Crippen molar-refractivity contribution in [3.05, 3.63) is 51.2 Å². The SMILES string of the molecule is COCc1cc(Cl)nc(NCc2ccc(Br)cc2)n1. The monoisotopic (exact) mass is 341 g/mol. The Hall–Kier alpha value is -1.17. The first kappa shape index (κ1) is 14.2. The molecule has 0 unspecified atom stereocenters. The van der Waals surface area contributed by atoms with Crippen LogP contribution in [-0.4, -0.2) is 17.1 Å². The lowest BCUT2D eigenvalue weighted by molar-refractivity contribution is 0.181. The average Bonchev–Trinajstić information content (AvgIpc) is 2.38. The van der Waals surface area contributed by atoms with Crippen molar-refractivity contribution in [2.75, 3.05) is 12.4 Å². The van der Waals surface area contributed by atoms with Crippen molar-refractivity contribution >= 4 is 33.5 Å². The molecule has 1 N–H and O–H groups in total. The van der Waals surface area contributed by atoms with Crippen LogP contribution in [-0.2, 0) is 17.9 Å². The second-order valence-corrected chi connectivity index (χ2v) is 5.22. The molecule has 1 heterocycles. The van der Waals surface area contributed by atoms with E-state index in [9.17, 15) is 0 Å². The highest BCUT2D eigenvalue weighted by Crippen LogP contribution is 2.14. The first-order valence-electron chi connectivity index (χ1n) is 5.68. The Morgan fingerprint density at radius 3 is 2.68 bits per heavy atom. The zero-order valence-corrected chi connectivity index (χ0v) is 12.7. The highest BCUT2D eigenvalue weighted by atomic mass is 79.9. The van der Waals surface area contributed by atoms with E-state index in [1.165, 1.54) is 0 Å². The molecule has 1 aromatic carbocycles. The molecule has 100 valence electrons. The lowest BCUT2D eigenvalue weighted by Crippen LogP contribution is -2.05. The van der Waals surface area contributed by atoms with E-state index in [1.54, 1.807) is 13.2 Å². The van der Waals surface area contributed by atoms with Crippen molar-refractivity contribution in [3.63, 3.8) is 0 Å². The fraction of sp³-hybridized carbons (Fsp3) is 0.231. The molecule has 19 heavy (non-hydrogen) atoms. The van der Waals surface area contributed by atoms with Crippen LogP contribution in [0.25, 0.3) is 0 Å². The number of methoxy groups -OCH3 is 1. The van der Waals surface area contributed by atoms with E-state index in [-0.39, 0.29) is 0 Å². The van der Waals surface area contributed by atoms with Gasteiger partial charge in [-0.3, -0.25) is 0 Å². The van der Waals surface area contributed by atoms with E-state index in [2.05, 4.69) is 31.2 Å². The fourth-order valence-corrected chi connectivity index (χ4v) is 2.02. The second kappa shape index (κ2) is 6.84. The minimum Gasteiger partial charge on any atom is -0.378 e. The molecule has 0 amide bonds. The molecule has 0 aliphatic rings. The lowest BCUT2D eigenvalue weighted by atomic mass is 10.2. The van der Waals surface area contributed by atoms with Gasteiger partial charge in [-0.15, -0.1) is 0 Å². The predicted octanol–water partition coefficient (Wildman–Crippen LogP) is 3.65. The molecule has 0 radical (unpaired) electrons. The molecular formula is C13H13BrClN3O. The number of aromatic nitrogens is 2. The Morgan fingerprint density at radius 1 is 1.26 bits per heavy atom. The van der Waals surface area contributed by atoms with Crippen LogP contribution in [0.5, 0.6) is 0 Å². The molecule has 0 fully saturated rings. The smallest absolute Gasteiger partial charge is 0.224 e. The standard InChI is InChI=1S/C13H13BrClN3O/c1-19-8-11-6-12(15)18-13(17-11)16-7-9-2-4-10(14)5-3-9/h2-6H,7-8H2,1H3,(H,16,17,18). The summed E-state index contributed by atoms with van der Waals surface area (Å²) in [6.45, 7) is 1.05. The molecule has 2 aromatic rings. The van der Waals surface area contributed by atoms with Crippen molar-refractivity contribution in [1.29, 1.82) is 0 Å². The fourth-order valence-electron chi connectivity index (χ4n) is 1.55. The van der Waals surface area contributed by atoms with Gasteiger partial charge in [-0.05, 0) is 23.8 Å². The predicted molar refractivity (Wildman–Crippen MR) is 79.2 cm³/mol. The second-order valence-electron chi connectivity index (χ2n) is 3.92. The Balaban J connectivity index is 2.04. The van der Waals surface area contributed by atoms with Gasteiger partial charge in [0.05, 0.1) is 12.3 Å². The third kappa shape index (κ3) is 4.45. The van der Waals surface area contributed by atoms with Crippen LogP contribution in [0.15, 0.2) is 34.8 Å². The molecule has 0 spiro atoms. The van der Waals surface area contributed by atoms with Gasteiger partial charge in [-0.2, -0.15) is 0 Å². The van der Waals surface area contributed by atoms with E-state index >= 15 is 0 Å². The number of nitrogens with zero attached hydrogens (tertiary/aromatic N) is 2. The van der Waals surface area contributed by atoms with Crippen molar-refractivity contribution in [3.8, 4) is 0 Å². The van der Waals surface area contributed by atoms with E-state index in [1.807, 2.05) is 24.3 Å². The number of anilines is 1. The van der Waals surface area contributed by atoms with Crippen LogP contribution in [0.4, 0.5) is 5.95 Å². The summed E-state index contributed by atoms with van der Waals surface area (Å²) in [4.78, 5) is 8.44. The highest BCUT2D eigenvalue weighted by molar-refractivity contribution is 9.10. The minimum atomic E-state index is 0.403. The van der Waals surface area contributed by atoms with Crippen molar-refractivity contribution in [1.82, 2.24) is 9.97 Å². The number of hydrogen-bond donors (Lipinski definition) is 1. The van der Waals surface area contributed by atoms with Gasteiger partial charge in [0.1, 0.15) is 5.15 Å². The summed E-state index contributed by atoms with van der Waals surface area (Å²) >= 11 is 9.34. The van der Waals surface area contributed by atoms with E-state index in [4.69, 9.17) is 16.3 Å². The summed E-state index contributed by atoms with van der Waals surface area (Å²) in [6, 6.07) is 9.73. The van der Waals surface area contributed by atoms with Crippen LogP contribution in [0.3, 0.4) is 0 Å². The maximum absolute atomic E-state index is 5.94. The Morgan fingerprint density at radius 2 is 2.00 bits per heavy atom. The maximum Gasteiger partial charge on any atom is 0.224 e. The summed E-state index contributed by atoms with van der Waals surface area (Å²) in [5.41, 5.74) is 1.89. The van der Waals surface area contributed by atoms with Crippen LogP contribution < -0.4 is 5.32 Å². The van der Waals surface area contributed by atoms with E-state index < -0.39 is 0 Å². The third-order valence-corrected chi connectivity index (χ3v) is 3.13. The summed E-state index contributed by atoms with van der Waals surface area (Å²) in [7, 11) is 1.62. The largest absolute Gasteiger partial charge is 0.378 e. The molecule has 0 atom stereocenters. The summed E-state index contributed by atoms with van der Waals surface area (Å²) in [6.07, 6.45) is 0. The molecule has 0 bridgehead atoms. The lowest BCUT2D eigenvalue weighted by Gasteiger charge is -2.07. The third-order valence-electron chi connectivity index (χ3n) is 2.40. The van der Waals surface area contributed by atoms with Crippen LogP contribution in [0.1, 0.15) is 11.3 Å². The van der Waals surface area contributed by atoms with Gasteiger partial charge in [-0.25, -0.2) is 9.97 Å². The number of halogens is 2. The molecule has 1 aromatic heterocycles.